The summed E-state index contributed by atoms with van der Waals surface area (Å²) in [4.78, 5) is 46.5. The van der Waals surface area contributed by atoms with Gasteiger partial charge < -0.3 is 23.8 Å². The van der Waals surface area contributed by atoms with E-state index in [9.17, 15) is 24.3 Å². The van der Waals surface area contributed by atoms with Crippen molar-refractivity contribution in [3.8, 4) is 5.75 Å². The Labute approximate surface area is 212 Å². The molecule has 0 amide bonds. The lowest BCUT2D eigenvalue weighted by molar-refractivity contribution is -0.142. The summed E-state index contributed by atoms with van der Waals surface area (Å²) in [5.41, 5.74) is 1.80. The molecule has 0 radical (unpaired) electrons. The predicted molar refractivity (Wildman–Crippen MR) is 139 cm³/mol. The summed E-state index contributed by atoms with van der Waals surface area (Å²) in [5, 5.41) is 18.7. The highest BCUT2D eigenvalue weighted by Gasteiger charge is 2.16. The number of carbonyl (C=O) groups excluding carboxylic acids is 1. The Kier molecular flexibility index (Phi) is 9.37. The summed E-state index contributed by atoms with van der Waals surface area (Å²) in [7, 11) is 0. The second kappa shape index (κ2) is 12.0. The van der Waals surface area contributed by atoms with Gasteiger partial charge in [0.25, 0.3) is 0 Å². The summed E-state index contributed by atoms with van der Waals surface area (Å²) in [6.45, 7) is 7.19. The highest BCUT2D eigenvalue weighted by Crippen LogP contribution is 2.20. The third-order valence-electron chi connectivity index (χ3n) is 5.47. The van der Waals surface area contributed by atoms with Crippen LogP contribution in [0.1, 0.15) is 42.6 Å². The first-order valence-corrected chi connectivity index (χ1v) is 11.2. The van der Waals surface area contributed by atoms with Crippen molar-refractivity contribution in [2.24, 2.45) is 0 Å². The monoisotopic (exact) mass is 510 g/mol. The van der Waals surface area contributed by atoms with E-state index in [2.05, 4.69) is 0 Å². The van der Waals surface area contributed by atoms with Crippen LogP contribution in [0.15, 0.2) is 54.8 Å². The largest absolute Gasteiger partial charge is 0.508 e. The number of fused-ring (bicyclic) bond motifs is 2. The van der Waals surface area contributed by atoms with Gasteiger partial charge in [0.05, 0.1) is 30.2 Å². The van der Waals surface area contributed by atoms with Crippen LogP contribution in [-0.2, 0) is 27.2 Å². The van der Waals surface area contributed by atoms with Crippen molar-refractivity contribution in [1.82, 2.24) is 0 Å². The van der Waals surface area contributed by atoms with Crippen molar-refractivity contribution in [2.45, 2.75) is 48.0 Å². The molecule has 196 valence electrons. The maximum Gasteiger partial charge on any atom is 0.310 e. The zero-order valence-electron chi connectivity index (χ0n) is 20.3. The second-order valence-corrected chi connectivity index (χ2v) is 8.16. The molecule has 9 nitrogen and oxygen atoms in total. The molecular weight excluding hydrogens is 480 g/mol. The Morgan fingerprint density at radius 1 is 0.838 bits per heavy atom. The van der Waals surface area contributed by atoms with Gasteiger partial charge in [-0.15, -0.1) is 0 Å². The van der Waals surface area contributed by atoms with Crippen LogP contribution >= 0.6 is 0 Å². The molecule has 4 aromatic rings. The molecule has 9 heteroatoms. The number of phenolic OH excluding ortho intramolecular Hbond substituents is 1. The van der Waals surface area contributed by atoms with E-state index < -0.39 is 11.9 Å². The number of carbonyl (C=O) groups is 2. The van der Waals surface area contributed by atoms with Crippen LogP contribution in [0.5, 0.6) is 5.75 Å². The first-order valence-electron chi connectivity index (χ1n) is 11.2. The molecule has 0 spiro atoms. The van der Waals surface area contributed by atoms with E-state index in [4.69, 9.17) is 18.7 Å². The third kappa shape index (κ3) is 6.63. The average Bonchev–Trinajstić information content (AvgIpc) is 2.79. The van der Waals surface area contributed by atoms with Gasteiger partial charge in [0.2, 0.25) is 0 Å². The quantitative estimate of drug-likeness (QED) is 0.368. The molecule has 0 aliphatic carbocycles. The van der Waals surface area contributed by atoms with E-state index in [1.54, 1.807) is 19.9 Å². The van der Waals surface area contributed by atoms with E-state index in [1.165, 1.54) is 25.1 Å². The van der Waals surface area contributed by atoms with Crippen molar-refractivity contribution in [3.05, 3.63) is 85.1 Å². The van der Waals surface area contributed by atoms with Gasteiger partial charge in [-0.25, -0.2) is 0 Å². The van der Waals surface area contributed by atoms with E-state index in [1.807, 2.05) is 19.1 Å². The standard InChI is InChI=1S/C15H16O4.C12H10O5.CH4/c1-4-18-14(16)8-12-10(3)19-13-7-9(2)5-6-11(13)15(12)17;1-6-9(5-11(14)15)12(16)8-3-2-7(13)4-10(8)17-6;/h5-7H,4,8H2,1-3H3;2-4,13H,5H2,1H3,(H,14,15);1H4. The second-order valence-electron chi connectivity index (χ2n) is 8.16. The number of benzene rings is 2. The maximum absolute atomic E-state index is 12.3. The zero-order valence-corrected chi connectivity index (χ0v) is 20.3. The van der Waals surface area contributed by atoms with Crippen LogP contribution in [0.2, 0.25) is 0 Å². The van der Waals surface area contributed by atoms with Gasteiger partial charge in [0.15, 0.2) is 10.9 Å². The third-order valence-corrected chi connectivity index (χ3v) is 5.47. The van der Waals surface area contributed by atoms with Crippen LogP contribution in [0.3, 0.4) is 0 Å². The first kappa shape index (κ1) is 28.8. The highest BCUT2D eigenvalue weighted by atomic mass is 16.5. The fraction of sp³-hybridized carbons (Fsp3) is 0.286. The van der Waals surface area contributed by atoms with E-state index in [-0.39, 0.29) is 59.2 Å². The summed E-state index contributed by atoms with van der Waals surface area (Å²) < 4.78 is 15.8. The highest BCUT2D eigenvalue weighted by molar-refractivity contribution is 5.81. The van der Waals surface area contributed by atoms with Gasteiger partial charge in [-0.1, -0.05) is 13.5 Å². The number of aryl methyl sites for hydroxylation is 3. The molecule has 0 saturated heterocycles. The summed E-state index contributed by atoms with van der Waals surface area (Å²) in [6, 6.07) is 9.50. The molecule has 37 heavy (non-hydrogen) atoms. The van der Waals surface area contributed by atoms with Crippen LogP contribution in [0, 0.1) is 20.8 Å². The van der Waals surface area contributed by atoms with E-state index >= 15 is 0 Å². The molecule has 2 N–H and O–H groups in total. The number of hydrogen-bond acceptors (Lipinski definition) is 8. The van der Waals surface area contributed by atoms with Crippen molar-refractivity contribution in [2.75, 3.05) is 6.61 Å². The molecule has 0 atom stereocenters. The minimum atomic E-state index is -1.08. The van der Waals surface area contributed by atoms with Crippen molar-refractivity contribution < 1.29 is 33.4 Å². The van der Waals surface area contributed by atoms with Crippen LogP contribution in [0.4, 0.5) is 0 Å². The van der Waals surface area contributed by atoms with Gasteiger partial charge >= 0.3 is 11.9 Å². The molecule has 0 fully saturated rings. The maximum atomic E-state index is 12.3. The smallest absolute Gasteiger partial charge is 0.310 e. The Bertz CT molecular complexity index is 1580. The average molecular weight is 511 g/mol. The number of carboxylic acids is 1. The Hall–Kier alpha value is -4.40. The predicted octanol–water partition coefficient (Wildman–Crippen LogP) is 4.59. The minimum absolute atomic E-state index is 0. The molecular formula is C28H30O9. The number of esters is 1. The number of rotatable bonds is 5. The number of phenols is 1. The summed E-state index contributed by atoms with van der Waals surface area (Å²) >= 11 is 0. The molecule has 4 rings (SSSR count). The van der Waals surface area contributed by atoms with Crippen molar-refractivity contribution >= 4 is 33.9 Å². The molecule has 0 unspecified atom stereocenters. The normalized spacial score (nSPS) is 10.4. The first-order chi connectivity index (χ1) is 17.0. The minimum Gasteiger partial charge on any atom is -0.508 e. The van der Waals surface area contributed by atoms with Crippen molar-refractivity contribution in [3.63, 3.8) is 0 Å². The fourth-order valence-corrected chi connectivity index (χ4v) is 3.70. The molecule has 2 aromatic carbocycles. The van der Waals surface area contributed by atoms with Crippen LogP contribution in [0.25, 0.3) is 21.9 Å². The molecule has 0 saturated carbocycles. The number of carboxylic acid groups (broad SMARTS) is 1. The summed E-state index contributed by atoms with van der Waals surface area (Å²) in [5.74, 6) is -0.777. The number of aliphatic carboxylic acids is 1. The van der Waals surface area contributed by atoms with Gasteiger partial charge in [0.1, 0.15) is 28.4 Å². The Morgan fingerprint density at radius 3 is 1.89 bits per heavy atom. The topological polar surface area (TPSA) is 144 Å². The van der Waals surface area contributed by atoms with Crippen LogP contribution in [-0.4, -0.2) is 28.8 Å². The molecule has 0 aliphatic rings. The molecule has 2 heterocycles. The van der Waals surface area contributed by atoms with Gasteiger partial charge in [-0.3, -0.25) is 19.2 Å². The number of hydrogen-bond donors (Lipinski definition) is 2. The Balaban J connectivity index is 0.000000255. The Morgan fingerprint density at radius 2 is 1.35 bits per heavy atom. The van der Waals surface area contributed by atoms with Gasteiger partial charge in [-0.2, -0.15) is 0 Å². The van der Waals surface area contributed by atoms with Crippen LogP contribution < -0.4 is 10.9 Å². The van der Waals surface area contributed by atoms with Gasteiger partial charge in [0, 0.05) is 17.2 Å². The zero-order chi connectivity index (χ0) is 26.6. The fourth-order valence-electron chi connectivity index (χ4n) is 3.70. The molecule has 0 bridgehead atoms. The SMILES string of the molecule is C.CCOC(=O)Cc1c(C)oc2cc(C)ccc2c1=O.Cc1oc2cc(O)ccc2c(=O)c1CC(=O)O. The number of aromatic hydroxyl groups is 1. The molecule has 2 aromatic heterocycles. The van der Waals surface area contributed by atoms with E-state index in [0.717, 1.165) is 5.56 Å². The van der Waals surface area contributed by atoms with Crippen molar-refractivity contribution in [1.29, 1.82) is 0 Å². The lowest BCUT2D eigenvalue weighted by atomic mass is 10.1. The van der Waals surface area contributed by atoms with E-state index in [0.29, 0.717) is 28.9 Å². The lowest BCUT2D eigenvalue weighted by Gasteiger charge is -2.07. The lowest BCUT2D eigenvalue weighted by Crippen LogP contribution is -2.17. The summed E-state index contributed by atoms with van der Waals surface area (Å²) in [6.07, 6.45) is -0.420. The number of ether oxygens (including phenoxy) is 1. The molecule has 0 aliphatic heterocycles. The van der Waals surface area contributed by atoms with Gasteiger partial charge in [-0.05, 0) is 57.5 Å².